The van der Waals surface area contributed by atoms with Crippen molar-refractivity contribution < 1.29 is 22.7 Å². The van der Waals surface area contributed by atoms with Crippen molar-refractivity contribution in [3.63, 3.8) is 0 Å². The Labute approximate surface area is 186 Å². The van der Waals surface area contributed by atoms with Gasteiger partial charge in [-0.2, -0.15) is 13.2 Å². The van der Waals surface area contributed by atoms with Gasteiger partial charge in [0.05, 0.1) is 28.3 Å². The molecule has 0 aliphatic carbocycles. The van der Waals surface area contributed by atoms with Crippen LogP contribution in [0.4, 0.5) is 19.0 Å². The smallest absolute Gasteiger partial charge is 0.416 e. The molecular weight excluding hydrogens is 435 g/mol. The molecule has 1 aliphatic heterocycles. The Bertz CT molecular complexity index is 1440. The molecule has 1 atom stereocenters. The molecule has 10 heteroatoms. The van der Waals surface area contributed by atoms with E-state index in [1.54, 1.807) is 25.2 Å². The number of alkyl halides is 3. The molecule has 3 heterocycles. The minimum Gasteiger partial charge on any atom is -0.491 e. The van der Waals surface area contributed by atoms with Crippen LogP contribution in [0.2, 0.25) is 0 Å². The second kappa shape index (κ2) is 7.09. The number of fused-ring (bicyclic) bond motifs is 4. The van der Waals surface area contributed by atoms with E-state index in [-0.39, 0.29) is 18.3 Å². The van der Waals surface area contributed by atoms with E-state index in [0.717, 1.165) is 23.7 Å². The third kappa shape index (κ3) is 3.24. The minimum absolute atomic E-state index is 0.0780. The average Bonchev–Trinajstić information content (AvgIpc) is 3.32. The number of imidazole rings is 1. The number of aromatic nitrogens is 3. The maximum Gasteiger partial charge on any atom is 0.416 e. The summed E-state index contributed by atoms with van der Waals surface area (Å²) in [5, 5.41) is 0. The van der Waals surface area contributed by atoms with E-state index in [1.807, 2.05) is 18.2 Å². The number of rotatable bonds is 2. The van der Waals surface area contributed by atoms with Crippen LogP contribution in [0.25, 0.3) is 16.6 Å². The van der Waals surface area contributed by atoms with Crippen LogP contribution in [0, 0.1) is 13.8 Å². The largest absolute Gasteiger partial charge is 0.491 e. The molecule has 1 unspecified atom stereocenters. The lowest BCUT2D eigenvalue weighted by atomic mass is 10.0. The summed E-state index contributed by atoms with van der Waals surface area (Å²) in [5.41, 5.74) is 9.02. The Hall–Kier alpha value is -3.82. The third-order valence-electron chi connectivity index (χ3n) is 6.05. The number of carbonyl (C=O) groups excluding carboxylic acids is 1. The summed E-state index contributed by atoms with van der Waals surface area (Å²) < 4.78 is 46.4. The number of amides is 1. The normalized spacial score (nSPS) is 15.6. The predicted octanol–water partition coefficient (Wildman–Crippen LogP) is 4.31. The Kier molecular flexibility index (Phi) is 4.52. The summed E-state index contributed by atoms with van der Waals surface area (Å²) in [6, 6.07) is 7.94. The van der Waals surface area contributed by atoms with E-state index < -0.39 is 17.8 Å². The van der Waals surface area contributed by atoms with E-state index in [2.05, 4.69) is 9.97 Å². The predicted molar refractivity (Wildman–Crippen MR) is 116 cm³/mol. The highest BCUT2D eigenvalue weighted by Crippen LogP contribution is 2.40. The van der Waals surface area contributed by atoms with Crippen molar-refractivity contribution in [1.29, 1.82) is 0 Å². The van der Waals surface area contributed by atoms with E-state index in [1.165, 1.54) is 11.0 Å². The fourth-order valence-electron chi connectivity index (χ4n) is 4.41. The molecule has 1 aliphatic rings. The number of likely N-dealkylation sites (N-methyl/N-ethyl adjacent to an activating group) is 1. The molecule has 1 amide bonds. The van der Waals surface area contributed by atoms with Gasteiger partial charge in [-0.3, -0.25) is 9.20 Å². The number of ether oxygens (including phenoxy) is 1. The Morgan fingerprint density at radius 3 is 2.67 bits per heavy atom. The lowest BCUT2D eigenvalue weighted by molar-refractivity contribution is -0.137. The summed E-state index contributed by atoms with van der Waals surface area (Å²) in [5.74, 6) is 0.921. The molecule has 7 nitrogen and oxygen atoms in total. The molecule has 2 aromatic carbocycles. The zero-order valence-corrected chi connectivity index (χ0v) is 18.1. The number of benzene rings is 2. The van der Waals surface area contributed by atoms with Crippen LogP contribution in [0.3, 0.4) is 0 Å². The van der Waals surface area contributed by atoms with Crippen molar-refractivity contribution in [2.24, 2.45) is 0 Å². The summed E-state index contributed by atoms with van der Waals surface area (Å²) in [4.78, 5) is 23.7. The maximum absolute atomic E-state index is 13.3. The molecule has 33 heavy (non-hydrogen) atoms. The number of hydrogen-bond acceptors (Lipinski definition) is 5. The zero-order valence-electron chi connectivity index (χ0n) is 18.1. The van der Waals surface area contributed by atoms with Gasteiger partial charge < -0.3 is 15.4 Å². The first-order valence-corrected chi connectivity index (χ1v) is 10.2. The maximum atomic E-state index is 13.3. The van der Waals surface area contributed by atoms with Gasteiger partial charge in [-0.15, -0.1) is 0 Å². The molecule has 0 saturated carbocycles. The standard InChI is InChI=1S/C23H20F3N5O2/c1-11-20-21(27)29-16-7-4-13(8-17(16)31(20)12(2)28-11)22(32)30(3)18-10-33-19-9-14(23(24,25)26)5-6-15(18)19/h4-9,18H,10H2,1-3H3,(H2,27,29). The Morgan fingerprint density at radius 2 is 1.94 bits per heavy atom. The molecule has 0 spiro atoms. The second-order valence-corrected chi connectivity index (χ2v) is 8.12. The molecule has 2 N–H and O–H groups in total. The first-order valence-electron chi connectivity index (χ1n) is 10.2. The van der Waals surface area contributed by atoms with Gasteiger partial charge >= 0.3 is 6.18 Å². The average molecular weight is 455 g/mol. The summed E-state index contributed by atoms with van der Waals surface area (Å²) in [6.07, 6.45) is -4.46. The van der Waals surface area contributed by atoms with Gasteiger partial charge in [-0.05, 0) is 44.2 Å². The molecule has 0 bridgehead atoms. The number of anilines is 1. The van der Waals surface area contributed by atoms with Crippen molar-refractivity contribution in [3.8, 4) is 5.75 Å². The van der Waals surface area contributed by atoms with Gasteiger partial charge in [-0.1, -0.05) is 6.07 Å². The Balaban J connectivity index is 1.52. The van der Waals surface area contributed by atoms with Gasteiger partial charge in [-0.25, -0.2) is 9.97 Å². The summed E-state index contributed by atoms with van der Waals surface area (Å²) >= 11 is 0. The monoisotopic (exact) mass is 455 g/mol. The van der Waals surface area contributed by atoms with Crippen molar-refractivity contribution >= 4 is 28.3 Å². The number of nitrogen functional groups attached to an aromatic ring is 1. The highest BCUT2D eigenvalue weighted by molar-refractivity contribution is 5.98. The molecule has 170 valence electrons. The van der Waals surface area contributed by atoms with Crippen molar-refractivity contribution in [3.05, 3.63) is 64.6 Å². The highest BCUT2D eigenvalue weighted by Gasteiger charge is 2.36. The lowest BCUT2D eigenvalue weighted by Gasteiger charge is -2.24. The van der Waals surface area contributed by atoms with Gasteiger partial charge in [0, 0.05) is 18.2 Å². The van der Waals surface area contributed by atoms with E-state index in [0.29, 0.717) is 33.5 Å². The quantitative estimate of drug-likeness (QED) is 0.487. The molecular formula is C23H20F3N5O2. The van der Waals surface area contributed by atoms with Gasteiger partial charge in [0.25, 0.3) is 5.91 Å². The van der Waals surface area contributed by atoms with E-state index in [4.69, 9.17) is 10.5 Å². The Morgan fingerprint density at radius 1 is 1.18 bits per heavy atom. The van der Waals surface area contributed by atoms with Gasteiger partial charge in [0.1, 0.15) is 29.5 Å². The van der Waals surface area contributed by atoms with Gasteiger partial charge in [0.2, 0.25) is 0 Å². The van der Waals surface area contributed by atoms with Crippen molar-refractivity contribution in [2.45, 2.75) is 26.1 Å². The van der Waals surface area contributed by atoms with Crippen LogP contribution in [0.1, 0.15) is 39.0 Å². The van der Waals surface area contributed by atoms with Crippen LogP contribution in [-0.4, -0.2) is 38.8 Å². The number of aryl methyl sites for hydroxylation is 2. The van der Waals surface area contributed by atoms with E-state index in [9.17, 15) is 18.0 Å². The first-order chi connectivity index (χ1) is 15.6. The third-order valence-corrected chi connectivity index (χ3v) is 6.05. The molecule has 0 fully saturated rings. The number of carbonyl (C=O) groups is 1. The summed E-state index contributed by atoms with van der Waals surface area (Å²) in [7, 11) is 1.61. The number of nitrogens with zero attached hydrogens (tertiary/aromatic N) is 4. The first kappa shape index (κ1) is 21.0. The SMILES string of the molecule is Cc1nc(C)n2c1c(N)nc1ccc(C(=O)N(C)C3COc4cc(C(F)(F)F)ccc43)cc12. The van der Waals surface area contributed by atoms with Crippen LogP contribution in [-0.2, 0) is 6.18 Å². The molecule has 0 radical (unpaired) electrons. The highest BCUT2D eigenvalue weighted by atomic mass is 19.4. The molecule has 2 aromatic heterocycles. The number of hydrogen-bond donors (Lipinski definition) is 1. The van der Waals surface area contributed by atoms with E-state index >= 15 is 0 Å². The fourth-order valence-corrected chi connectivity index (χ4v) is 4.41. The second-order valence-electron chi connectivity index (χ2n) is 8.12. The van der Waals surface area contributed by atoms with Crippen LogP contribution in [0.5, 0.6) is 5.75 Å². The van der Waals surface area contributed by atoms with Crippen LogP contribution >= 0.6 is 0 Å². The lowest BCUT2D eigenvalue weighted by Crippen LogP contribution is -2.32. The van der Waals surface area contributed by atoms with Crippen molar-refractivity contribution in [1.82, 2.24) is 19.3 Å². The number of nitrogens with two attached hydrogens (primary N) is 1. The fraction of sp³-hybridized carbons (Fsp3) is 0.261. The molecule has 0 saturated heterocycles. The zero-order chi connectivity index (χ0) is 23.7. The van der Waals surface area contributed by atoms with Crippen molar-refractivity contribution in [2.75, 3.05) is 19.4 Å². The van der Waals surface area contributed by atoms with Gasteiger partial charge in [0.15, 0.2) is 0 Å². The van der Waals surface area contributed by atoms with Crippen LogP contribution in [0.15, 0.2) is 36.4 Å². The number of halogens is 3. The molecule has 5 rings (SSSR count). The molecule has 4 aromatic rings. The summed E-state index contributed by atoms with van der Waals surface area (Å²) in [6.45, 7) is 3.77. The minimum atomic E-state index is -4.46. The topological polar surface area (TPSA) is 85.8 Å². The van der Waals surface area contributed by atoms with Crippen LogP contribution < -0.4 is 10.5 Å².